The smallest absolute Gasteiger partial charge is 0.285 e. The lowest BCUT2D eigenvalue weighted by Crippen LogP contribution is -2.47. The van der Waals surface area contributed by atoms with Gasteiger partial charge in [-0.05, 0) is 51.9 Å². The molecule has 2 unspecified atom stereocenters. The van der Waals surface area contributed by atoms with Gasteiger partial charge in [-0.15, -0.1) is 0 Å². The second-order valence-electron chi connectivity index (χ2n) is 9.72. The molecule has 0 spiro atoms. The van der Waals surface area contributed by atoms with Crippen LogP contribution in [0.5, 0.6) is 0 Å². The Morgan fingerprint density at radius 1 is 0.485 bits per heavy atom. The van der Waals surface area contributed by atoms with Crippen LogP contribution < -0.4 is 0 Å². The van der Waals surface area contributed by atoms with E-state index >= 15 is 0 Å². The normalized spacial score (nSPS) is 14.0. The minimum absolute atomic E-state index is 0.238. The topological polar surface area (TPSA) is 36.9 Å². The molecule has 0 saturated carbocycles. The highest BCUT2D eigenvalue weighted by Gasteiger charge is 2.42. The zero-order chi connectivity index (χ0) is 24.6. The van der Waals surface area contributed by atoms with Gasteiger partial charge in [0.2, 0.25) is 0 Å². The molecule has 0 amide bonds. The Morgan fingerprint density at radius 3 is 1.45 bits per heavy atom. The van der Waals surface area contributed by atoms with E-state index < -0.39 is 5.97 Å². The molecule has 0 fully saturated rings. The van der Waals surface area contributed by atoms with E-state index in [-0.39, 0.29) is 12.0 Å². The second kappa shape index (κ2) is 23.6. The second-order valence-corrected chi connectivity index (χ2v) is 9.72. The number of hydrogen-bond donors (Lipinski definition) is 0. The first-order valence-electron chi connectivity index (χ1n) is 14.6. The molecule has 0 aliphatic rings. The van der Waals surface area contributed by atoms with Gasteiger partial charge < -0.3 is 18.9 Å². The molecule has 0 radical (unpaired) electrons. The third kappa shape index (κ3) is 17.0. The Balaban J connectivity index is 5.44. The molecular formula is C29H60O4. The van der Waals surface area contributed by atoms with E-state index in [2.05, 4.69) is 41.5 Å². The van der Waals surface area contributed by atoms with E-state index in [4.69, 9.17) is 18.9 Å². The lowest BCUT2D eigenvalue weighted by atomic mass is 9.91. The van der Waals surface area contributed by atoms with Crippen LogP contribution >= 0.6 is 0 Å². The first-order chi connectivity index (χ1) is 16.1. The van der Waals surface area contributed by atoms with Crippen LogP contribution in [-0.2, 0) is 18.9 Å². The van der Waals surface area contributed by atoms with Gasteiger partial charge in [-0.25, -0.2) is 0 Å². The van der Waals surface area contributed by atoms with E-state index in [9.17, 15) is 0 Å². The maximum Gasteiger partial charge on any atom is 0.285 e. The zero-order valence-electron chi connectivity index (χ0n) is 23.4. The number of unbranched alkanes of at least 4 members (excludes halogenated alkanes) is 8. The van der Waals surface area contributed by atoms with Crippen molar-refractivity contribution in [3.63, 3.8) is 0 Å². The van der Waals surface area contributed by atoms with Crippen molar-refractivity contribution in [2.24, 2.45) is 5.92 Å². The predicted octanol–water partition coefficient (Wildman–Crippen LogP) is 9.05. The van der Waals surface area contributed by atoms with Crippen molar-refractivity contribution in [2.75, 3.05) is 26.4 Å². The summed E-state index contributed by atoms with van der Waals surface area (Å²) < 4.78 is 25.6. The van der Waals surface area contributed by atoms with Gasteiger partial charge in [-0.2, -0.15) is 0 Å². The number of ether oxygens (including phenoxy) is 4. The lowest BCUT2D eigenvalue weighted by Gasteiger charge is -2.40. The van der Waals surface area contributed by atoms with Crippen LogP contribution in [-0.4, -0.2) is 38.5 Å². The van der Waals surface area contributed by atoms with Gasteiger partial charge in [0, 0.05) is 12.5 Å². The molecule has 33 heavy (non-hydrogen) atoms. The Kier molecular flexibility index (Phi) is 23.5. The molecule has 0 saturated heterocycles. The van der Waals surface area contributed by atoms with Crippen LogP contribution in [0.3, 0.4) is 0 Å². The number of hydrogen-bond acceptors (Lipinski definition) is 4. The first kappa shape index (κ1) is 32.8. The summed E-state index contributed by atoms with van der Waals surface area (Å²) in [6.07, 6.45) is 18.7. The summed E-state index contributed by atoms with van der Waals surface area (Å²) in [5.41, 5.74) is 0. The van der Waals surface area contributed by atoms with Crippen molar-refractivity contribution in [1.82, 2.24) is 0 Å². The monoisotopic (exact) mass is 472 g/mol. The molecule has 0 bridgehead atoms. The van der Waals surface area contributed by atoms with Crippen molar-refractivity contribution >= 4 is 0 Å². The van der Waals surface area contributed by atoms with E-state index in [0.29, 0.717) is 19.8 Å². The van der Waals surface area contributed by atoms with Crippen molar-refractivity contribution in [1.29, 1.82) is 0 Å². The zero-order valence-corrected chi connectivity index (χ0v) is 23.4. The van der Waals surface area contributed by atoms with Crippen LogP contribution in [0.15, 0.2) is 0 Å². The van der Waals surface area contributed by atoms with Gasteiger partial charge in [0.15, 0.2) is 0 Å². The fourth-order valence-electron chi connectivity index (χ4n) is 4.06. The summed E-state index contributed by atoms with van der Waals surface area (Å²) in [5, 5.41) is 0. The van der Waals surface area contributed by atoms with Crippen molar-refractivity contribution in [2.45, 2.75) is 156 Å². The maximum absolute atomic E-state index is 6.55. The molecule has 200 valence electrons. The third-order valence-electron chi connectivity index (χ3n) is 6.34. The molecule has 0 rings (SSSR count). The highest BCUT2D eigenvalue weighted by molar-refractivity contribution is 4.75. The van der Waals surface area contributed by atoms with Gasteiger partial charge in [0.25, 0.3) is 5.97 Å². The molecule has 0 aromatic rings. The van der Waals surface area contributed by atoms with Crippen LogP contribution in [0.1, 0.15) is 144 Å². The predicted molar refractivity (Wildman–Crippen MR) is 142 cm³/mol. The lowest BCUT2D eigenvalue weighted by molar-refractivity contribution is -0.407. The fraction of sp³-hybridized carbons (Fsp3) is 1.00. The average Bonchev–Trinajstić information content (AvgIpc) is 2.82. The van der Waals surface area contributed by atoms with Crippen molar-refractivity contribution in [3.8, 4) is 0 Å². The molecule has 0 aromatic heterocycles. The molecular weight excluding hydrogens is 412 g/mol. The Bertz CT molecular complexity index is 361. The van der Waals surface area contributed by atoms with Gasteiger partial charge in [-0.3, -0.25) is 0 Å². The highest BCUT2D eigenvalue weighted by Crippen LogP contribution is 2.35. The molecule has 2 atom stereocenters. The Labute approximate surface area is 207 Å². The fourth-order valence-corrected chi connectivity index (χ4v) is 4.06. The molecule has 4 heteroatoms. The maximum atomic E-state index is 6.55. The summed E-state index contributed by atoms with van der Waals surface area (Å²) in [5.74, 6) is -0.671. The van der Waals surface area contributed by atoms with Crippen LogP contribution in [0.25, 0.3) is 0 Å². The van der Waals surface area contributed by atoms with Crippen LogP contribution in [0, 0.1) is 5.92 Å². The highest BCUT2D eigenvalue weighted by atomic mass is 16.9. The largest absolute Gasteiger partial charge is 0.379 e. The third-order valence-corrected chi connectivity index (χ3v) is 6.34. The molecule has 0 aliphatic carbocycles. The van der Waals surface area contributed by atoms with Gasteiger partial charge in [0.05, 0.1) is 25.9 Å². The minimum Gasteiger partial charge on any atom is -0.379 e. The van der Waals surface area contributed by atoms with E-state index in [1.54, 1.807) is 0 Å². The average molecular weight is 473 g/mol. The van der Waals surface area contributed by atoms with E-state index in [1.807, 2.05) is 0 Å². The summed E-state index contributed by atoms with van der Waals surface area (Å²) in [4.78, 5) is 0. The van der Waals surface area contributed by atoms with Gasteiger partial charge >= 0.3 is 0 Å². The van der Waals surface area contributed by atoms with E-state index in [0.717, 1.165) is 70.8 Å². The molecule has 0 aliphatic heterocycles. The summed E-state index contributed by atoms with van der Waals surface area (Å²) in [6, 6.07) is 0. The van der Waals surface area contributed by atoms with Gasteiger partial charge in [0.1, 0.15) is 0 Å². The quantitative estimate of drug-likeness (QED) is 0.0929. The summed E-state index contributed by atoms with van der Waals surface area (Å²) in [7, 11) is 0. The molecule has 0 heterocycles. The molecule has 0 N–H and O–H groups in total. The van der Waals surface area contributed by atoms with Crippen LogP contribution in [0.4, 0.5) is 0 Å². The van der Waals surface area contributed by atoms with Crippen molar-refractivity contribution < 1.29 is 18.9 Å². The Hall–Kier alpha value is -0.160. The minimum atomic E-state index is -0.909. The molecule has 4 nitrogen and oxygen atoms in total. The van der Waals surface area contributed by atoms with Crippen molar-refractivity contribution in [3.05, 3.63) is 0 Å². The van der Waals surface area contributed by atoms with E-state index in [1.165, 1.54) is 38.5 Å². The number of rotatable bonds is 26. The SMILES string of the molecule is CCCCCCCCC(CCC(C)OCCC)C(OCCCC)(OCCCC)OCCCC. The Morgan fingerprint density at radius 2 is 0.970 bits per heavy atom. The van der Waals surface area contributed by atoms with Crippen LogP contribution in [0.2, 0.25) is 0 Å². The standard InChI is InChI=1S/C29H60O4/c1-7-12-16-17-18-19-20-28(22-21-27(6)30-23-11-5)29(31-24-13-8-2,32-25-14-9-3)33-26-15-10-4/h27-28H,7-26H2,1-6H3. The summed E-state index contributed by atoms with van der Waals surface area (Å²) >= 11 is 0. The van der Waals surface area contributed by atoms with Gasteiger partial charge in [-0.1, -0.05) is 92.4 Å². The summed E-state index contributed by atoms with van der Waals surface area (Å²) in [6.45, 7) is 16.2. The first-order valence-corrected chi connectivity index (χ1v) is 14.6. The molecule has 0 aromatic carbocycles.